The van der Waals surface area contributed by atoms with Gasteiger partial charge in [-0.05, 0) is 33.6 Å². The van der Waals surface area contributed by atoms with Gasteiger partial charge in [-0.15, -0.1) is 0 Å². The van der Waals surface area contributed by atoms with Gasteiger partial charge in [0, 0.05) is 6.61 Å². The van der Waals surface area contributed by atoms with E-state index in [0.29, 0.717) is 0 Å². The van der Waals surface area contributed by atoms with Crippen LogP contribution in [0, 0.1) is 0 Å². The van der Waals surface area contributed by atoms with Gasteiger partial charge in [-0.3, -0.25) is 0 Å². The normalized spacial score (nSPS) is 14.7. The first-order valence-electron chi connectivity index (χ1n) is 4.80. The highest BCUT2D eigenvalue weighted by molar-refractivity contribution is 6.09. The van der Waals surface area contributed by atoms with E-state index in [-0.39, 0.29) is 11.7 Å². The Morgan fingerprint density at radius 3 is 2.50 bits per heavy atom. The lowest BCUT2D eigenvalue weighted by Gasteiger charge is -2.23. The molecule has 0 bridgehead atoms. The van der Waals surface area contributed by atoms with Crippen LogP contribution in [0.4, 0.5) is 0 Å². The fourth-order valence-electron chi connectivity index (χ4n) is 0.829. The molecule has 0 radical (unpaired) electrons. The Kier molecular flexibility index (Phi) is 5.59. The molecule has 0 aromatic carbocycles. The second-order valence-electron chi connectivity index (χ2n) is 3.95. The van der Waals surface area contributed by atoms with Crippen molar-refractivity contribution in [3.8, 4) is 0 Å². The Morgan fingerprint density at radius 1 is 1.50 bits per heavy atom. The summed E-state index contributed by atoms with van der Waals surface area (Å²) in [6.07, 6.45) is 2.61. The van der Waals surface area contributed by atoms with Crippen molar-refractivity contribution < 1.29 is 9.84 Å². The number of hydrogen-bond donors (Lipinski definition) is 1. The molecule has 0 saturated carbocycles. The van der Waals surface area contributed by atoms with Crippen molar-refractivity contribution in [2.24, 2.45) is 0 Å². The first-order valence-corrected chi connectivity index (χ1v) is 4.80. The van der Waals surface area contributed by atoms with E-state index >= 15 is 0 Å². The highest BCUT2D eigenvalue weighted by atomic mass is 16.5. The lowest BCUT2D eigenvalue weighted by Crippen LogP contribution is -2.24. The van der Waals surface area contributed by atoms with E-state index in [9.17, 15) is 0 Å². The number of rotatable bonds is 6. The zero-order chi connectivity index (χ0) is 9.61. The summed E-state index contributed by atoms with van der Waals surface area (Å²) in [7, 11) is 2.12. The van der Waals surface area contributed by atoms with Crippen molar-refractivity contribution in [1.82, 2.24) is 0 Å². The van der Waals surface area contributed by atoms with E-state index in [4.69, 9.17) is 9.84 Å². The predicted octanol–water partition coefficient (Wildman–Crippen LogP) is 0.994. The predicted molar refractivity (Wildman–Crippen MR) is 54.3 cm³/mol. The molecule has 0 aliphatic carbocycles. The molecule has 0 aliphatic rings. The van der Waals surface area contributed by atoms with Gasteiger partial charge in [0.15, 0.2) is 0 Å². The molecule has 1 atom stereocenters. The van der Waals surface area contributed by atoms with Gasteiger partial charge in [0.2, 0.25) is 0 Å². The van der Waals surface area contributed by atoms with Gasteiger partial charge < -0.3 is 9.84 Å². The van der Waals surface area contributed by atoms with Gasteiger partial charge in [-0.25, -0.2) is 0 Å². The summed E-state index contributed by atoms with van der Waals surface area (Å²) in [6, 6.07) is 0. The average Bonchev–Trinajstić information content (AvgIpc) is 1.98. The van der Waals surface area contributed by atoms with Crippen LogP contribution in [0.15, 0.2) is 0 Å². The zero-order valence-corrected chi connectivity index (χ0v) is 8.76. The third-order valence-corrected chi connectivity index (χ3v) is 2.11. The maximum atomic E-state index is 8.98. The smallest absolute Gasteiger partial charge is 0.105 e. The molecule has 0 aliphatic heterocycles. The second kappa shape index (κ2) is 5.60. The van der Waals surface area contributed by atoms with Crippen LogP contribution in [-0.4, -0.2) is 31.3 Å². The van der Waals surface area contributed by atoms with Crippen molar-refractivity contribution >= 4 is 7.85 Å². The van der Waals surface area contributed by atoms with Crippen molar-refractivity contribution in [2.45, 2.75) is 51.6 Å². The molecule has 1 unspecified atom stereocenters. The maximum absolute atomic E-state index is 8.98. The van der Waals surface area contributed by atoms with Crippen molar-refractivity contribution in [3.05, 3.63) is 0 Å². The minimum atomic E-state index is -0.196. The molecule has 0 heterocycles. The summed E-state index contributed by atoms with van der Waals surface area (Å²) in [5, 5.41) is 8.98. The zero-order valence-electron chi connectivity index (χ0n) is 8.76. The molecule has 0 amide bonds. The van der Waals surface area contributed by atoms with Crippen LogP contribution in [0.1, 0.15) is 33.6 Å². The number of aliphatic hydroxyl groups is 1. The molecule has 1 N–H and O–H groups in total. The lowest BCUT2D eigenvalue weighted by atomic mass is 9.90. The van der Waals surface area contributed by atoms with E-state index in [2.05, 4.69) is 21.7 Å². The van der Waals surface area contributed by atoms with Gasteiger partial charge in [0.05, 0.1) is 11.7 Å². The Bertz CT molecular complexity index is 113. The standard InChI is InChI=1S/C9H21BO2/c1-8(11)5-4-6-12-9(2,3)7-10/h8,11H,4-7,10H2,1-3H3. The molecule has 0 saturated heterocycles. The largest absolute Gasteiger partial charge is 0.393 e. The Morgan fingerprint density at radius 2 is 2.08 bits per heavy atom. The second-order valence-corrected chi connectivity index (χ2v) is 3.95. The number of ether oxygens (including phenoxy) is 1. The summed E-state index contributed by atoms with van der Waals surface area (Å²) >= 11 is 0. The van der Waals surface area contributed by atoms with E-state index < -0.39 is 0 Å². The van der Waals surface area contributed by atoms with Crippen molar-refractivity contribution in [3.63, 3.8) is 0 Å². The minimum Gasteiger partial charge on any atom is -0.393 e. The van der Waals surface area contributed by atoms with Crippen LogP contribution in [-0.2, 0) is 4.74 Å². The molecular weight excluding hydrogens is 151 g/mol. The van der Waals surface area contributed by atoms with Crippen molar-refractivity contribution in [1.29, 1.82) is 0 Å². The first kappa shape index (κ1) is 12.0. The topological polar surface area (TPSA) is 29.5 Å². The molecule has 12 heavy (non-hydrogen) atoms. The van der Waals surface area contributed by atoms with Gasteiger partial charge in [0.25, 0.3) is 0 Å². The molecule has 2 nitrogen and oxygen atoms in total. The summed E-state index contributed by atoms with van der Waals surface area (Å²) in [5.74, 6) is 0. The van der Waals surface area contributed by atoms with Gasteiger partial charge in [0.1, 0.15) is 7.85 Å². The van der Waals surface area contributed by atoms with Crippen LogP contribution in [0.3, 0.4) is 0 Å². The van der Waals surface area contributed by atoms with Crippen LogP contribution in [0.2, 0.25) is 6.32 Å². The third kappa shape index (κ3) is 6.68. The number of hydrogen-bond acceptors (Lipinski definition) is 2. The van der Waals surface area contributed by atoms with Crippen LogP contribution in [0.25, 0.3) is 0 Å². The highest BCUT2D eigenvalue weighted by Gasteiger charge is 2.14. The third-order valence-electron chi connectivity index (χ3n) is 2.11. The van der Waals surface area contributed by atoms with Crippen LogP contribution >= 0.6 is 0 Å². The summed E-state index contributed by atoms with van der Waals surface area (Å²) < 4.78 is 5.62. The molecule has 72 valence electrons. The fraction of sp³-hybridized carbons (Fsp3) is 1.00. The monoisotopic (exact) mass is 172 g/mol. The van der Waals surface area contributed by atoms with E-state index in [1.807, 2.05) is 6.92 Å². The number of aliphatic hydroxyl groups excluding tert-OH is 1. The highest BCUT2D eigenvalue weighted by Crippen LogP contribution is 2.13. The van der Waals surface area contributed by atoms with E-state index in [1.54, 1.807) is 0 Å². The Labute approximate surface area is 76.7 Å². The Balaban J connectivity index is 3.31. The van der Waals surface area contributed by atoms with Gasteiger partial charge in [-0.2, -0.15) is 0 Å². The van der Waals surface area contributed by atoms with Gasteiger partial charge >= 0.3 is 0 Å². The van der Waals surface area contributed by atoms with Crippen LogP contribution in [0.5, 0.6) is 0 Å². The summed E-state index contributed by atoms with van der Waals surface area (Å²) in [5.41, 5.74) is -0.00130. The molecule has 0 fully saturated rings. The molecular formula is C9H21BO2. The summed E-state index contributed by atoms with van der Waals surface area (Å²) in [4.78, 5) is 0. The average molecular weight is 172 g/mol. The maximum Gasteiger partial charge on any atom is 0.105 e. The molecule has 0 aromatic rings. The first-order chi connectivity index (χ1) is 5.48. The Hall–Kier alpha value is -0.0151. The summed E-state index contributed by atoms with van der Waals surface area (Å²) in [6.45, 7) is 6.75. The molecule has 0 rings (SSSR count). The molecule has 0 spiro atoms. The lowest BCUT2D eigenvalue weighted by molar-refractivity contribution is -0.00748. The van der Waals surface area contributed by atoms with Crippen LogP contribution < -0.4 is 0 Å². The molecule has 0 aromatic heterocycles. The van der Waals surface area contributed by atoms with Crippen molar-refractivity contribution in [2.75, 3.05) is 6.61 Å². The van der Waals surface area contributed by atoms with E-state index in [1.165, 1.54) is 0 Å². The fourth-order valence-corrected chi connectivity index (χ4v) is 0.829. The molecule has 3 heteroatoms. The van der Waals surface area contributed by atoms with E-state index in [0.717, 1.165) is 25.8 Å². The quantitative estimate of drug-likeness (QED) is 0.478. The van der Waals surface area contributed by atoms with Gasteiger partial charge in [-0.1, -0.05) is 6.32 Å². The SMILES string of the molecule is BCC(C)(C)OCCCC(C)O. The minimum absolute atomic E-state index is 0.00130.